The number of hydrogen-bond acceptors (Lipinski definition) is 3. The average molecular weight is 190 g/mol. The van der Waals surface area contributed by atoms with Crippen LogP contribution in [-0.2, 0) is 7.05 Å². The molecule has 0 spiro atoms. The Morgan fingerprint density at radius 2 is 2.00 bits per heavy atom. The molecule has 0 bridgehead atoms. The molecular weight excluding hydrogens is 176 g/mol. The van der Waals surface area contributed by atoms with E-state index in [1.165, 1.54) is 0 Å². The fraction of sp³-hybridized carbons (Fsp3) is 0.300. The van der Waals surface area contributed by atoms with Crippen molar-refractivity contribution in [2.45, 2.75) is 0 Å². The van der Waals surface area contributed by atoms with Crippen molar-refractivity contribution in [2.75, 3.05) is 19.5 Å². The second-order valence-electron chi connectivity index (χ2n) is 3.49. The SMILES string of the molecule is CN(C)Nc1nc2ccccc2n1C. The summed E-state index contributed by atoms with van der Waals surface area (Å²) in [6.45, 7) is 0. The molecule has 0 unspecified atom stereocenters. The van der Waals surface area contributed by atoms with Gasteiger partial charge in [-0.25, -0.2) is 9.99 Å². The number of hydrazine groups is 1. The van der Waals surface area contributed by atoms with Crippen molar-refractivity contribution in [3.8, 4) is 0 Å². The third kappa shape index (κ3) is 1.44. The summed E-state index contributed by atoms with van der Waals surface area (Å²) in [6, 6.07) is 8.08. The maximum atomic E-state index is 4.46. The van der Waals surface area contributed by atoms with Crippen LogP contribution in [0.3, 0.4) is 0 Å². The lowest BCUT2D eigenvalue weighted by Crippen LogP contribution is -2.21. The monoisotopic (exact) mass is 190 g/mol. The Morgan fingerprint density at radius 3 is 2.64 bits per heavy atom. The molecule has 1 heterocycles. The first-order valence-corrected chi connectivity index (χ1v) is 4.54. The first kappa shape index (κ1) is 9.02. The highest BCUT2D eigenvalue weighted by molar-refractivity contribution is 5.78. The molecule has 2 rings (SSSR count). The number of aromatic nitrogens is 2. The van der Waals surface area contributed by atoms with Gasteiger partial charge in [0, 0.05) is 21.1 Å². The first-order valence-electron chi connectivity index (χ1n) is 4.54. The number of nitrogens with one attached hydrogen (secondary N) is 1. The first-order chi connectivity index (χ1) is 6.68. The lowest BCUT2D eigenvalue weighted by Gasteiger charge is -2.12. The average Bonchev–Trinajstić information content (AvgIpc) is 2.44. The van der Waals surface area contributed by atoms with Crippen LogP contribution in [0.15, 0.2) is 24.3 Å². The van der Waals surface area contributed by atoms with E-state index in [1.54, 1.807) is 0 Å². The number of aryl methyl sites for hydroxylation is 1. The lowest BCUT2D eigenvalue weighted by atomic mass is 10.3. The number of anilines is 1. The van der Waals surface area contributed by atoms with Crippen molar-refractivity contribution >= 4 is 17.0 Å². The molecule has 14 heavy (non-hydrogen) atoms. The van der Waals surface area contributed by atoms with Crippen LogP contribution in [0.2, 0.25) is 0 Å². The van der Waals surface area contributed by atoms with Crippen LogP contribution in [0, 0.1) is 0 Å². The Balaban J connectivity index is 2.51. The third-order valence-electron chi connectivity index (χ3n) is 2.11. The van der Waals surface area contributed by atoms with Crippen molar-refractivity contribution in [1.29, 1.82) is 0 Å². The quantitative estimate of drug-likeness (QED) is 0.728. The van der Waals surface area contributed by atoms with Crippen LogP contribution in [0.1, 0.15) is 0 Å². The van der Waals surface area contributed by atoms with Crippen LogP contribution >= 0.6 is 0 Å². The van der Waals surface area contributed by atoms with Crippen molar-refractivity contribution in [3.05, 3.63) is 24.3 Å². The molecule has 1 N–H and O–H groups in total. The molecule has 0 atom stereocenters. The Morgan fingerprint density at radius 1 is 1.29 bits per heavy atom. The fourth-order valence-electron chi connectivity index (χ4n) is 1.45. The molecule has 1 aromatic carbocycles. The summed E-state index contributed by atoms with van der Waals surface area (Å²) in [6.07, 6.45) is 0. The molecule has 4 heteroatoms. The highest BCUT2D eigenvalue weighted by Gasteiger charge is 2.05. The second-order valence-corrected chi connectivity index (χ2v) is 3.49. The summed E-state index contributed by atoms with van der Waals surface area (Å²) in [5.74, 6) is 0.858. The van der Waals surface area contributed by atoms with E-state index in [9.17, 15) is 0 Å². The highest BCUT2D eigenvalue weighted by Crippen LogP contribution is 2.17. The topological polar surface area (TPSA) is 33.1 Å². The second kappa shape index (κ2) is 3.31. The zero-order valence-electron chi connectivity index (χ0n) is 8.65. The maximum absolute atomic E-state index is 4.46. The predicted molar refractivity (Wildman–Crippen MR) is 58.0 cm³/mol. The predicted octanol–water partition coefficient (Wildman–Crippen LogP) is 1.46. The summed E-state index contributed by atoms with van der Waals surface area (Å²) in [4.78, 5) is 4.46. The molecule has 0 radical (unpaired) electrons. The summed E-state index contributed by atoms with van der Waals surface area (Å²) in [5, 5.41) is 1.88. The van der Waals surface area contributed by atoms with Crippen molar-refractivity contribution in [1.82, 2.24) is 14.6 Å². The van der Waals surface area contributed by atoms with Gasteiger partial charge in [-0.05, 0) is 12.1 Å². The van der Waals surface area contributed by atoms with Gasteiger partial charge >= 0.3 is 0 Å². The van der Waals surface area contributed by atoms with Crippen LogP contribution < -0.4 is 5.43 Å². The Labute approximate surface area is 83.1 Å². The molecule has 74 valence electrons. The smallest absolute Gasteiger partial charge is 0.218 e. The van der Waals surface area contributed by atoms with Gasteiger partial charge < -0.3 is 4.57 Å². The standard InChI is InChI=1S/C10H14N4/c1-13(2)12-10-11-8-6-4-5-7-9(8)14(10)3/h4-7H,1-3H3,(H,11,12). The number of fused-ring (bicyclic) bond motifs is 1. The van der Waals surface area contributed by atoms with Gasteiger partial charge in [0.1, 0.15) is 0 Å². The van der Waals surface area contributed by atoms with E-state index in [1.807, 2.05) is 48.9 Å². The van der Waals surface area contributed by atoms with E-state index in [0.29, 0.717) is 0 Å². The summed E-state index contributed by atoms with van der Waals surface area (Å²) in [5.41, 5.74) is 5.30. The molecule has 0 aliphatic rings. The van der Waals surface area contributed by atoms with Gasteiger partial charge in [-0.1, -0.05) is 12.1 Å². The molecule has 0 fully saturated rings. The maximum Gasteiger partial charge on any atom is 0.218 e. The Kier molecular flexibility index (Phi) is 2.13. The van der Waals surface area contributed by atoms with Gasteiger partial charge in [-0.3, -0.25) is 5.43 Å². The van der Waals surface area contributed by atoms with Gasteiger partial charge in [0.05, 0.1) is 11.0 Å². The molecule has 0 aliphatic heterocycles. The number of benzene rings is 1. The minimum absolute atomic E-state index is 0.858. The molecular formula is C10H14N4. The minimum Gasteiger partial charge on any atom is -0.312 e. The van der Waals surface area contributed by atoms with Gasteiger partial charge in [-0.15, -0.1) is 0 Å². The summed E-state index contributed by atoms with van der Waals surface area (Å²) in [7, 11) is 5.89. The van der Waals surface area contributed by atoms with Crippen LogP contribution in [0.4, 0.5) is 5.95 Å². The fourth-order valence-corrected chi connectivity index (χ4v) is 1.45. The molecule has 0 saturated heterocycles. The van der Waals surface area contributed by atoms with Crippen molar-refractivity contribution in [2.24, 2.45) is 7.05 Å². The molecule has 1 aromatic heterocycles. The highest BCUT2D eigenvalue weighted by atomic mass is 15.5. The molecule has 0 saturated carbocycles. The lowest BCUT2D eigenvalue weighted by molar-refractivity contribution is 0.486. The minimum atomic E-state index is 0.858. The van der Waals surface area contributed by atoms with Gasteiger partial charge in [-0.2, -0.15) is 0 Å². The number of para-hydroxylation sites is 2. The van der Waals surface area contributed by atoms with Gasteiger partial charge in [0.2, 0.25) is 5.95 Å². The molecule has 4 nitrogen and oxygen atoms in total. The van der Waals surface area contributed by atoms with Crippen LogP contribution in [0.25, 0.3) is 11.0 Å². The Hall–Kier alpha value is -1.55. The number of nitrogens with zero attached hydrogens (tertiary/aromatic N) is 3. The normalized spacial score (nSPS) is 11.1. The number of hydrogen-bond donors (Lipinski definition) is 1. The van der Waals surface area contributed by atoms with E-state index in [2.05, 4.69) is 16.5 Å². The van der Waals surface area contributed by atoms with Gasteiger partial charge in [0.15, 0.2) is 0 Å². The Bertz CT molecular complexity index is 444. The van der Waals surface area contributed by atoms with E-state index in [0.717, 1.165) is 17.0 Å². The summed E-state index contributed by atoms with van der Waals surface area (Å²) >= 11 is 0. The van der Waals surface area contributed by atoms with Gasteiger partial charge in [0.25, 0.3) is 0 Å². The zero-order valence-corrected chi connectivity index (χ0v) is 8.65. The molecule has 0 amide bonds. The van der Waals surface area contributed by atoms with Crippen LogP contribution in [-0.4, -0.2) is 28.7 Å². The van der Waals surface area contributed by atoms with E-state index in [4.69, 9.17) is 0 Å². The molecule has 0 aliphatic carbocycles. The van der Waals surface area contributed by atoms with Crippen LogP contribution in [0.5, 0.6) is 0 Å². The van der Waals surface area contributed by atoms with E-state index < -0.39 is 0 Å². The molecule has 2 aromatic rings. The number of rotatable bonds is 2. The third-order valence-corrected chi connectivity index (χ3v) is 2.11. The largest absolute Gasteiger partial charge is 0.312 e. The number of imidazole rings is 1. The van der Waals surface area contributed by atoms with Crippen molar-refractivity contribution < 1.29 is 0 Å². The summed E-state index contributed by atoms with van der Waals surface area (Å²) < 4.78 is 2.04. The van der Waals surface area contributed by atoms with Crippen molar-refractivity contribution in [3.63, 3.8) is 0 Å². The van der Waals surface area contributed by atoms with E-state index in [-0.39, 0.29) is 0 Å². The zero-order chi connectivity index (χ0) is 10.1. The van der Waals surface area contributed by atoms with E-state index >= 15 is 0 Å².